The molecule has 2 heterocycles. The quantitative estimate of drug-likeness (QED) is 0.844. The third kappa shape index (κ3) is 3.06. The molecular formula is C13H21N3O2S. The Bertz CT molecular complexity index is 569. The summed E-state index contributed by atoms with van der Waals surface area (Å²) in [7, 11) is 0.781. The normalized spacial score (nSPS) is 20.7. The van der Waals surface area contributed by atoms with E-state index in [-0.39, 0.29) is 6.04 Å². The van der Waals surface area contributed by atoms with Crippen LogP contribution >= 0.6 is 0 Å². The van der Waals surface area contributed by atoms with E-state index in [0.717, 1.165) is 29.9 Å². The van der Waals surface area contributed by atoms with Crippen molar-refractivity contribution >= 4 is 15.7 Å². The minimum atomic E-state index is -3.17. The van der Waals surface area contributed by atoms with Gasteiger partial charge in [0, 0.05) is 32.0 Å². The van der Waals surface area contributed by atoms with Gasteiger partial charge in [-0.2, -0.15) is 4.31 Å². The third-order valence-corrected chi connectivity index (χ3v) is 4.73. The second kappa shape index (κ2) is 5.09. The highest BCUT2D eigenvalue weighted by atomic mass is 32.2. The molecule has 1 saturated heterocycles. The summed E-state index contributed by atoms with van der Waals surface area (Å²) < 4.78 is 25.2. The molecule has 5 nitrogen and oxygen atoms in total. The minimum absolute atomic E-state index is 0.117. The van der Waals surface area contributed by atoms with E-state index >= 15 is 0 Å². The summed E-state index contributed by atoms with van der Waals surface area (Å²) in [6.07, 6.45) is 3.01. The molecule has 0 saturated carbocycles. The average molecular weight is 283 g/mol. The highest BCUT2D eigenvalue weighted by Crippen LogP contribution is 2.34. The summed E-state index contributed by atoms with van der Waals surface area (Å²) in [4.78, 5) is 6.54. The van der Waals surface area contributed by atoms with Gasteiger partial charge in [0.15, 0.2) is 0 Å². The molecule has 1 atom stereocenters. The molecule has 1 aromatic heterocycles. The number of aromatic nitrogens is 1. The van der Waals surface area contributed by atoms with Crippen LogP contribution in [0.2, 0.25) is 0 Å². The van der Waals surface area contributed by atoms with E-state index in [9.17, 15) is 8.42 Å². The molecule has 0 aromatic carbocycles. The summed E-state index contributed by atoms with van der Waals surface area (Å²) in [6.45, 7) is 2.53. The van der Waals surface area contributed by atoms with Gasteiger partial charge >= 0.3 is 0 Å². The van der Waals surface area contributed by atoms with Crippen molar-refractivity contribution < 1.29 is 8.42 Å². The Balaban J connectivity index is 2.41. The summed E-state index contributed by atoms with van der Waals surface area (Å²) in [6, 6.07) is 3.87. The molecule has 0 amide bonds. The zero-order valence-corrected chi connectivity index (χ0v) is 12.7. The van der Waals surface area contributed by atoms with Crippen LogP contribution in [0.1, 0.15) is 30.3 Å². The summed E-state index contributed by atoms with van der Waals surface area (Å²) in [5.74, 6) is 0. The van der Waals surface area contributed by atoms with Crippen LogP contribution in [0, 0.1) is 6.92 Å². The number of rotatable bonds is 3. The lowest BCUT2D eigenvalue weighted by Gasteiger charge is -2.23. The van der Waals surface area contributed by atoms with E-state index < -0.39 is 10.0 Å². The molecule has 1 aromatic rings. The first-order valence-electron chi connectivity index (χ1n) is 6.42. The molecule has 1 aliphatic heterocycles. The van der Waals surface area contributed by atoms with Gasteiger partial charge in [-0.3, -0.25) is 4.98 Å². The monoisotopic (exact) mass is 283 g/mol. The van der Waals surface area contributed by atoms with Gasteiger partial charge in [0.05, 0.1) is 18.0 Å². The van der Waals surface area contributed by atoms with Crippen LogP contribution in [0.15, 0.2) is 12.1 Å². The molecule has 0 aliphatic carbocycles. The van der Waals surface area contributed by atoms with Crippen LogP contribution in [-0.2, 0) is 10.0 Å². The molecular weight excluding hydrogens is 262 g/mol. The number of hydrogen-bond acceptors (Lipinski definition) is 4. The molecule has 6 heteroatoms. The number of nitrogens with zero attached hydrogens (tertiary/aromatic N) is 3. The molecule has 106 valence electrons. The van der Waals surface area contributed by atoms with Crippen molar-refractivity contribution in [3.05, 3.63) is 23.5 Å². The van der Waals surface area contributed by atoms with Crippen LogP contribution in [0.5, 0.6) is 0 Å². The average Bonchev–Trinajstić information content (AvgIpc) is 2.76. The zero-order valence-electron chi connectivity index (χ0n) is 11.9. The number of sulfonamides is 1. The number of pyridine rings is 1. The van der Waals surface area contributed by atoms with Crippen molar-refractivity contribution in [1.82, 2.24) is 9.29 Å². The van der Waals surface area contributed by atoms with Crippen LogP contribution in [-0.4, -0.2) is 44.6 Å². The van der Waals surface area contributed by atoms with Crippen molar-refractivity contribution in [1.29, 1.82) is 0 Å². The standard InChI is InChI=1S/C13H21N3O2S/c1-10-8-11(15(2)3)9-12(14-10)13-6-5-7-16(13)19(4,17)18/h8-9,13H,5-7H2,1-4H3. The van der Waals surface area contributed by atoms with E-state index in [1.807, 2.05) is 38.1 Å². The Hall–Kier alpha value is -1.14. The van der Waals surface area contributed by atoms with Gasteiger partial charge in [0.1, 0.15) is 0 Å². The van der Waals surface area contributed by atoms with E-state index in [0.29, 0.717) is 6.54 Å². The van der Waals surface area contributed by atoms with E-state index in [1.165, 1.54) is 6.26 Å². The van der Waals surface area contributed by atoms with Gasteiger partial charge in [-0.05, 0) is 31.9 Å². The SMILES string of the molecule is Cc1cc(N(C)C)cc(C2CCCN2S(C)(=O)=O)n1. The highest BCUT2D eigenvalue weighted by Gasteiger charge is 2.33. The topological polar surface area (TPSA) is 53.5 Å². The largest absolute Gasteiger partial charge is 0.378 e. The van der Waals surface area contributed by atoms with E-state index in [2.05, 4.69) is 4.98 Å². The van der Waals surface area contributed by atoms with Crippen molar-refractivity contribution in [3.8, 4) is 0 Å². The minimum Gasteiger partial charge on any atom is -0.378 e. The van der Waals surface area contributed by atoms with Gasteiger partial charge in [0.25, 0.3) is 0 Å². The fraction of sp³-hybridized carbons (Fsp3) is 0.615. The first kappa shape index (κ1) is 14.3. The number of anilines is 1. The van der Waals surface area contributed by atoms with Gasteiger partial charge in [-0.25, -0.2) is 8.42 Å². The van der Waals surface area contributed by atoms with Crippen molar-refractivity contribution in [3.63, 3.8) is 0 Å². The molecule has 0 spiro atoms. The van der Waals surface area contributed by atoms with Crippen LogP contribution in [0.3, 0.4) is 0 Å². The first-order chi connectivity index (χ1) is 8.79. The number of aryl methyl sites for hydroxylation is 1. The lowest BCUT2D eigenvalue weighted by Crippen LogP contribution is -2.30. The van der Waals surface area contributed by atoms with Crippen molar-refractivity contribution in [2.75, 3.05) is 31.8 Å². The van der Waals surface area contributed by atoms with Crippen molar-refractivity contribution in [2.45, 2.75) is 25.8 Å². The summed E-state index contributed by atoms with van der Waals surface area (Å²) in [5, 5.41) is 0. The Morgan fingerprint density at radius 3 is 2.63 bits per heavy atom. The second-order valence-electron chi connectivity index (χ2n) is 5.32. The van der Waals surface area contributed by atoms with Gasteiger partial charge in [0.2, 0.25) is 10.0 Å². The maximum atomic E-state index is 11.8. The van der Waals surface area contributed by atoms with Crippen LogP contribution < -0.4 is 4.90 Å². The summed E-state index contributed by atoms with van der Waals surface area (Å²) >= 11 is 0. The molecule has 19 heavy (non-hydrogen) atoms. The zero-order chi connectivity index (χ0) is 14.2. The molecule has 0 radical (unpaired) electrons. The Kier molecular flexibility index (Phi) is 3.82. The Morgan fingerprint density at radius 1 is 1.37 bits per heavy atom. The lowest BCUT2D eigenvalue weighted by molar-refractivity contribution is 0.393. The predicted octanol–water partition coefficient (Wildman–Crippen LogP) is 1.55. The molecule has 2 rings (SSSR count). The van der Waals surface area contributed by atoms with E-state index in [4.69, 9.17) is 0 Å². The molecule has 1 fully saturated rings. The molecule has 1 aliphatic rings. The van der Waals surface area contributed by atoms with E-state index in [1.54, 1.807) is 4.31 Å². The lowest BCUT2D eigenvalue weighted by atomic mass is 10.1. The third-order valence-electron chi connectivity index (χ3n) is 3.45. The first-order valence-corrected chi connectivity index (χ1v) is 8.26. The van der Waals surface area contributed by atoms with Gasteiger partial charge in [-0.15, -0.1) is 0 Å². The fourth-order valence-electron chi connectivity index (χ4n) is 2.54. The summed E-state index contributed by atoms with van der Waals surface area (Å²) in [5.41, 5.74) is 2.83. The Morgan fingerprint density at radius 2 is 2.05 bits per heavy atom. The molecule has 0 bridgehead atoms. The molecule has 0 N–H and O–H groups in total. The van der Waals surface area contributed by atoms with Crippen LogP contribution in [0.4, 0.5) is 5.69 Å². The maximum Gasteiger partial charge on any atom is 0.211 e. The smallest absolute Gasteiger partial charge is 0.211 e. The van der Waals surface area contributed by atoms with Crippen molar-refractivity contribution in [2.24, 2.45) is 0 Å². The fourth-order valence-corrected chi connectivity index (χ4v) is 3.67. The molecule has 1 unspecified atom stereocenters. The van der Waals surface area contributed by atoms with Crippen LogP contribution in [0.25, 0.3) is 0 Å². The maximum absolute atomic E-state index is 11.8. The number of hydrogen-bond donors (Lipinski definition) is 0. The predicted molar refractivity (Wildman–Crippen MR) is 76.8 cm³/mol. The highest BCUT2D eigenvalue weighted by molar-refractivity contribution is 7.88. The second-order valence-corrected chi connectivity index (χ2v) is 7.25. The Labute approximate surface area is 115 Å². The van der Waals surface area contributed by atoms with Gasteiger partial charge < -0.3 is 4.90 Å². The van der Waals surface area contributed by atoms with Gasteiger partial charge in [-0.1, -0.05) is 0 Å².